The molecule has 3 rings (SSSR count). The number of para-hydroxylation sites is 1. The molecule has 1 aromatic carbocycles. The van der Waals surface area contributed by atoms with Crippen molar-refractivity contribution < 1.29 is 4.52 Å². The molecule has 0 amide bonds. The van der Waals surface area contributed by atoms with Crippen LogP contribution in [-0.4, -0.2) is 34.5 Å². The van der Waals surface area contributed by atoms with E-state index in [1.165, 1.54) is 5.56 Å². The molecule has 0 aliphatic carbocycles. The summed E-state index contributed by atoms with van der Waals surface area (Å²) in [5, 5.41) is 15.5. The average molecular weight is 423 g/mol. The molecule has 0 radical (unpaired) electrons. The van der Waals surface area contributed by atoms with Gasteiger partial charge in [0, 0.05) is 31.8 Å². The van der Waals surface area contributed by atoms with Crippen molar-refractivity contribution in [1.82, 2.24) is 25.6 Å². The first-order chi connectivity index (χ1) is 15.1. The summed E-state index contributed by atoms with van der Waals surface area (Å²) in [6, 6.07) is 12.2. The Bertz CT molecular complexity index is 956. The molecule has 0 unspecified atom stereocenters. The number of hydrogen-bond acceptors (Lipinski definition) is 4. The van der Waals surface area contributed by atoms with Gasteiger partial charge >= 0.3 is 0 Å². The maximum atomic E-state index is 5.48. The third-order valence-corrected chi connectivity index (χ3v) is 5.57. The molecule has 0 atom stereocenters. The van der Waals surface area contributed by atoms with Crippen LogP contribution in [0.1, 0.15) is 61.7 Å². The van der Waals surface area contributed by atoms with Crippen molar-refractivity contribution in [2.45, 2.75) is 58.9 Å². The lowest BCUT2D eigenvalue weighted by Gasteiger charge is -2.10. The van der Waals surface area contributed by atoms with Gasteiger partial charge in [0.15, 0.2) is 11.7 Å². The quantitative estimate of drug-likeness (QED) is 0.288. The van der Waals surface area contributed by atoms with Gasteiger partial charge in [0.05, 0.1) is 23.6 Å². The fourth-order valence-electron chi connectivity index (χ4n) is 3.64. The first-order valence-electron chi connectivity index (χ1n) is 11.1. The van der Waals surface area contributed by atoms with Crippen molar-refractivity contribution in [3.8, 4) is 5.69 Å². The largest absolute Gasteiger partial charge is 0.359 e. The SMILES string of the molecule is CCC(CC)c1cc(CNC(=NC)NCCCc2cn(-c3ccccc3)nc2C)on1. The van der Waals surface area contributed by atoms with Gasteiger partial charge in [-0.2, -0.15) is 5.10 Å². The first kappa shape index (κ1) is 22.6. The second kappa shape index (κ2) is 11.3. The predicted octanol–water partition coefficient (Wildman–Crippen LogP) is 4.37. The van der Waals surface area contributed by atoms with Crippen molar-refractivity contribution in [3.63, 3.8) is 0 Å². The van der Waals surface area contributed by atoms with Gasteiger partial charge in [-0.3, -0.25) is 4.99 Å². The second-order valence-electron chi connectivity index (χ2n) is 7.71. The molecule has 7 heteroatoms. The monoisotopic (exact) mass is 422 g/mol. The van der Waals surface area contributed by atoms with E-state index in [4.69, 9.17) is 4.52 Å². The molecule has 3 aromatic rings. The van der Waals surface area contributed by atoms with Crippen LogP contribution in [0.3, 0.4) is 0 Å². The van der Waals surface area contributed by atoms with Gasteiger partial charge in [-0.25, -0.2) is 4.68 Å². The highest BCUT2D eigenvalue weighted by Crippen LogP contribution is 2.22. The van der Waals surface area contributed by atoms with Crippen LogP contribution in [0.5, 0.6) is 0 Å². The van der Waals surface area contributed by atoms with Crippen LogP contribution in [0.15, 0.2) is 52.1 Å². The summed E-state index contributed by atoms with van der Waals surface area (Å²) >= 11 is 0. The third-order valence-electron chi connectivity index (χ3n) is 5.57. The number of aromatic nitrogens is 3. The second-order valence-corrected chi connectivity index (χ2v) is 7.71. The van der Waals surface area contributed by atoms with E-state index in [9.17, 15) is 0 Å². The highest BCUT2D eigenvalue weighted by molar-refractivity contribution is 5.79. The number of nitrogens with zero attached hydrogens (tertiary/aromatic N) is 4. The molecule has 166 valence electrons. The van der Waals surface area contributed by atoms with Crippen molar-refractivity contribution in [1.29, 1.82) is 0 Å². The van der Waals surface area contributed by atoms with E-state index in [2.05, 4.69) is 65.0 Å². The molecule has 2 heterocycles. The Balaban J connectivity index is 1.43. The molecule has 2 aromatic heterocycles. The lowest BCUT2D eigenvalue weighted by Crippen LogP contribution is -2.37. The average Bonchev–Trinajstić information content (AvgIpc) is 3.41. The van der Waals surface area contributed by atoms with Crippen molar-refractivity contribution >= 4 is 5.96 Å². The lowest BCUT2D eigenvalue weighted by atomic mass is 9.99. The fourth-order valence-corrected chi connectivity index (χ4v) is 3.64. The number of aliphatic imine (C=N–C) groups is 1. The molecule has 0 aliphatic heterocycles. The van der Waals surface area contributed by atoms with Crippen molar-refractivity contribution in [2.24, 2.45) is 4.99 Å². The van der Waals surface area contributed by atoms with Crippen molar-refractivity contribution in [2.75, 3.05) is 13.6 Å². The van der Waals surface area contributed by atoms with Gasteiger partial charge in [-0.05, 0) is 50.3 Å². The minimum Gasteiger partial charge on any atom is -0.359 e. The molecule has 7 nitrogen and oxygen atoms in total. The minimum absolute atomic E-state index is 0.463. The summed E-state index contributed by atoms with van der Waals surface area (Å²) in [6.07, 6.45) is 6.22. The molecular formula is C24H34N6O. The zero-order chi connectivity index (χ0) is 22.1. The highest BCUT2D eigenvalue weighted by atomic mass is 16.5. The Labute approximate surface area is 184 Å². The number of benzene rings is 1. The van der Waals surface area contributed by atoms with Crippen LogP contribution in [0.25, 0.3) is 5.69 Å². The Morgan fingerprint density at radius 1 is 1.16 bits per heavy atom. The van der Waals surface area contributed by atoms with E-state index in [1.807, 2.05) is 28.9 Å². The van der Waals surface area contributed by atoms with E-state index in [0.717, 1.165) is 61.0 Å². The van der Waals surface area contributed by atoms with Gasteiger partial charge in [0.2, 0.25) is 0 Å². The van der Waals surface area contributed by atoms with Crippen LogP contribution in [0.2, 0.25) is 0 Å². The van der Waals surface area contributed by atoms with E-state index < -0.39 is 0 Å². The highest BCUT2D eigenvalue weighted by Gasteiger charge is 2.13. The van der Waals surface area contributed by atoms with E-state index in [0.29, 0.717) is 12.5 Å². The minimum atomic E-state index is 0.463. The van der Waals surface area contributed by atoms with Crippen LogP contribution >= 0.6 is 0 Å². The van der Waals surface area contributed by atoms with Gasteiger partial charge in [0.1, 0.15) is 0 Å². The summed E-state index contributed by atoms with van der Waals surface area (Å²) in [7, 11) is 1.78. The molecule has 0 spiro atoms. The Morgan fingerprint density at radius 2 is 1.94 bits per heavy atom. The number of aryl methyl sites for hydroxylation is 2. The topological polar surface area (TPSA) is 80.3 Å². The summed E-state index contributed by atoms with van der Waals surface area (Å²) in [5.41, 5.74) is 4.46. The standard InChI is InChI=1S/C24H34N6O/c1-5-19(6-2)23-15-22(31-29-23)16-27-24(25-4)26-14-10-11-20-17-30(28-18(20)3)21-12-8-7-9-13-21/h7-9,12-13,15,17,19H,5-6,10-11,14,16H2,1-4H3,(H2,25,26,27). The lowest BCUT2D eigenvalue weighted by molar-refractivity contribution is 0.368. The summed E-state index contributed by atoms with van der Waals surface area (Å²) in [6.45, 7) is 7.82. The normalized spacial score (nSPS) is 11.8. The Morgan fingerprint density at radius 3 is 2.65 bits per heavy atom. The van der Waals surface area contributed by atoms with Crippen LogP contribution in [0.4, 0.5) is 0 Å². The molecule has 0 bridgehead atoms. The van der Waals surface area contributed by atoms with E-state index in [-0.39, 0.29) is 0 Å². The van der Waals surface area contributed by atoms with E-state index in [1.54, 1.807) is 7.05 Å². The van der Waals surface area contributed by atoms with E-state index >= 15 is 0 Å². The molecule has 0 saturated heterocycles. The maximum Gasteiger partial charge on any atom is 0.191 e. The Hall–Kier alpha value is -3.09. The van der Waals surface area contributed by atoms with Gasteiger partial charge in [-0.1, -0.05) is 37.2 Å². The molecule has 31 heavy (non-hydrogen) atoms. The van der Waals surface area contributed by atoms with Gasteiger partial charge in [-0.15, -0.1) is 0 Å². The molecule has 0 aliphatic rings. The smallest absolute Gasteiger partial charge is 0.191 e. The van der Waals surface area contributed by atoms with Crippen molar-refractivity contribution in [3.05, 3.63) is 65.3 Å². The van der Waals surface area contributed by atoms with Gasteiger partial charge in [0.25, 0.3) is 0 Å². The molecule has 0 fully saturated rings. The third kappa shape index (κ3) is 6.20. The Kier molecular flexibility index (Phi) is 8.27. The zero-order valence-electron chi connectivity index (χ0n) is 19.1. The van der Waals surface area contributed by atoms with Crippen LogP contribution in [-0.2, 0) is 13.0 Å². The van der Waals surface area contributed by atoms with Gasteiger partial charge < -0.3 is 15.2 Å². The predicted molar refractivity (Wildman–Crippen MR) is 125 cm³/mol. The number of rotatable bonds is 10. The first-order valence-corrected chi connectivity index (χ1v) is 11.1. The number of nitrogens with one attached hydrogen (secondary N) is 2. The molecule has 0 saturated carbocycles. The fraction of sp³-hybridized carbons (Fsp3) is 0.458. The zero-order valence-corrected chi connectivity index (χ0v) is 19.1. The van der Waals surface area contributed by atoms with Crippen LogP contribution < -0.4 is 10.6 Å². The summed E-state index contributed by atoms with van der Waals surface area (Å²) < 4.78 is 7.43. The summed E-state index contributed by atoms with van der Waals surface area (Å²) in [5.74, 6) is 2.05. The summed E-state index contributed by atoms with van der Waals surface area (Å²) in [4.78, 5) is 4.30. The number of hydrogen-bond donors (Lipinski definition) is 2. The number of guanidine groups is 1. The molecular weight excluding hydrogens is 388 g/mol. The molecule has 2 N–H and O–H groups in total. The van der Waals surface area contributed by atoms with Crippen LogP contribution in [0, 0.1) is 6.92 Å². The maximum absolute atomic E-state index is 5.48.